The topological polar surface area (TPSA) is 49.3 Å². The lowest BCUT2D eigenvalue weighted by atomic mass is 9.83. The lowest BCUT2D eigenvalue weighted by molar-refractivity contribution is 0.0771. The van der Waals surface area contributed by atoms with Gasteiger partial charge in [0.25, 0.3) is 5.91 Å². The first-order chi connectivity index (χ1) is 12.5. The van der Waals surface area contributed by atoms with Gasteiger partial charge in [-0.1, -0.05) is 67.1 Å². The molecule has 1 amide bonds. The van der Waals surface area contributed by atoms with E-state index < -0.39 is 5.60 Å². The lowest BCUT2D eigenvalue weighted by Gasteiger charge is -2.30. The standard InChI is InChI=1S/C22H20ClNO2/c1-2-22(26,17-8-4-3-5-9-17)19-10-6-7-11-20(19)24-21(25)16-12-14-18(23)15-13-16/h3-15,26H,2H2,1H3,(H,24,25). The second-order valence-corrected chi connectivity index (χ2v) is 6.52. The Balaban J connectivity index is 1.97. The molecule has 0 aromatic heterocycles. The van der Waals surface area contributed by atoms with Gasteiger partial charge >= 0.3 is 0 Å². The number of aliphatic hydroxyl groups is 1. The van der Waals surface area contributed by atoms with E-state index in [1.54, 1.807) is 30.3 Å². The van der Waals surface area contributed by atoms with Crippen LogP contribution < -0.4 is 5.32 Å². The van der Waals surface area contributed by atoms with Crippen LogP contribution in [0.5, 0.6) is 0 Å². The molecule has 0 aliphatic carbocycles. The van der Waals surface area contributed by atoms with Crippen LogP contribution in [-0.4, -0.2) is 11.0 Å². The highest BCUT2D eigenvalue weighted by Crippen LogP contribution is 2.37. The van der Waals surface area contributed by atoms with Crippen LogP contribution in [0.25, 0.3) is 0 Å². The predicted molar refractivity (Wildman–Crippen MR) is 106 cm³/mol. The minimum absolute atomic E-state index is 0.249. The number of halogens is 1. The summed E-state index contributed by atoms with van der Waals surface area (Å²) in [4.78, 5) is 12.6. The molecule has 0 bridgehead atoms. The maximum Gasteiger partial charge on any atom is 0.255 e. The minimum atomic E-state index is -1.19. The van der Waals surface area contributed by atoms with Crippen molar-refractivity contribution in [1.82, 2.24) is 0 Å². The van der Waals surface area contributed by atoms with E-state index in [9.17, 15) is 9.90 Å². The van der Waals surface area contributed by atoms with Crippen molar-refractivity contribution in [3.63, 3.8) is 0 Å². The number of benzene rings is 3. The number of para-hydroxylation sites is 1. The van der Waals surface area contributed by atoms with Crippen LogP contribution >= 0.6 is 11.6 Å². The molecular weight excluding hydrogens is 346 g/mol. The van der Waals surface area contributed by atoms with Gasteiger partial charge in [-0.15, -0.1) is 0 Å². The molecule has 0 aliphatic rings. The van der Waals surface area contributed by atoms with E-state index in [0.717, 1.165) is 5.56 Å². The van der Waals surface area contributed by atoms with Crippen molar-refractivity contribution in [1.29, 1.82) is 0 Å². The van der Waals surface area contributed by atoms with Crippen molar-refractivity contribution in [2.45, 2.75) is 18.9 Å². The molecule has 4 heteroatoms. The highest BCUT2D eigenvalue weighted by molar-refractivity contribution is 6.30. The largest absolute Gasteiger partial charge is 0.380 e. The molecule has 0 heterocycles. The van der Waals surface area contributed by atoms with Gasteiger partial charge in [0, 0.05) is 21.8 Å². The third kappa shape index (κ3) is 3.64. The van der Waals surface area contributed by atoms with E-state index >= 15 is 0 Å². The Bertz CT molecular complexity index is 894. The van der Waals surface area contributed by atoms with E-state index in [2.05, 4.69) is 5.32 Å². The van der Waals surface area contributed by atoms with Gasteiger partial charge in [0.2, 0.25) is 0 Å². The van der Waals surface area contributed by atoms with Crippen LogP contribution in [0.1, 0.15) is 34.8 Å². The molecule has 1 atom stereocenters. The Morgan fingerprint density at radius 3 is 2.23 bits per heavy atom. The molecular formula is C22H20ClNO2. The van der Waals surface area contributed by atoms with Gasteiger partial charge in [-0.3, -0.25) is 4.79 Å². The summed E-state index contributed by atoms with van der Waals surface area (Å²) in [5.74, 6) is -0.249. The van der Waals surface area contributed by atoms with Crippen LogP contribution in [0.15, 0.2) is 78.9 Å². The maximum atomic E-state index is 12.6. The summed E-state index contributed by atoms with van der Waals surface area (Å²) in [7, 11) is 0. The zero-order chi connectivity index (χ0) is 18.6. The van der Waals surface area contributed by atoms with Gasteiger partial charge in [-0.25, -0.2) is 0 Å². The van der Waals surface area contributed by atoms with Gasteiger partial charge in [0.1, 0.15) is 5.60 Å². The van der Waals surface area contributed by atoms with E-state index in [1.165, 1.54) is 0 Å². The Morgan fingerprint density at radius 1 is 0.962 bits per heavy atom. The summed E-state index contributed by atoms with van der Waals surface area (Å²) in [5, 5.41) is 14.9. The number of hydrogen-bond acceptors (Lipinski definition) is 2. The molecule has 0 radical (unpaired) electrons. The molecule has 3 aromatic carbocycles. The van der Waals surface area contributed by atoms with Crippen LogP contribution in [-0.2, 0) is 5.60 Å². The third-order valence-corrected chi connectivity index (χ3v) is 4.74. The monoisotopic (exact) mass is 365 g/mol. The summed E-state index contributed by atoms with van der Waals surface area (Å²) >= 11 is 5.88. The van der Waals surface area contributed by atoms with Crippen LogP contribution in [0, 0.1) is 0 Å². The summed E-state index contributed by atoms with van der Waals surface area (Å²) in [5.41, 5.74) is 1.35. The van der Waals surface area contributed by atoms with Gasteiger partial charge in [0.05, 0.1) is 0 Å². The van der Waals surface area contributed by atoms with Crippen LogP contribution in [0.4, 0.5) is 5.69 Å². The van der Waals surface area contributed by atoms with E-state index in [4.69, 9.17) is 11.6 Å². The molecule has 132 valence electrons. The zero-order valence-corrected chi connectivity index (χ0v) is 15.2. The molecule has 0 saturated heterocycles. The second kappa shape index (κ2) is 7.73. The molecule has 0 aliphatic heterocycles. The highest BCUT2D eigenvalue weighted by Gasteiger charge is 2.32. The summed E-state index contributed by atoms with van der Waals surface area (Å²) in [6.45, 7) is 1.92. The van der Waals surface area contributed by atoms with Crippen molar-refractivity contribution in [3.05, 3.63) is 101 Å². The van der Waals surface area contributed by atoms with Crippen molar-refractivity contribution >= 4 is 23.2 Å². The van der Waals surface area contributed by atoms with Crippen molar-refractivity contribution < 1.29 is 9.90 Å². The highest BCUT2D eigenvalue weighted by atomic mass is 35.5. The summed E-state index contributed by atoms with van der Waals surface area (Å²) in [6, 6.07) is 23.5. The van der Waals surface area contributed by atoms with E-state index in [0.29, 0.717) is 28.3 Å². The lowest BCUT2D eigenvalue weighted by Crippen LogP contribution is -2.28. The molecule has 2 N–H and O–H groups in total. The smallest absolute Gasteiger partial charge is 0.255 e. The van der Waals surface area contributed by atoms with Crippen molar-refractivity contribution in [2.75, 3.05) is 5.32 Å². The van der Waals surface area contributed by atoms with Crippen molar-refractivity contribution in [2.24, 2.45) is 0 Å². The van der Waals surface area contributed by atoms with Gasteiger partial charge in [-0.05, 0) is 42.3 Å². The fraction of sp³-hybridized carbons (Fsp3) is 0.136. The number of hydrogen-bond donors (Lipinski definition) is 2. The van der Waals surface area contributed by atoms with E-state index in [-0.39, 0.29) is 5.91 Å². The molecule has 3 nitrogen and oxygen atoms in total. The Morgan fingerprint density at radius 2 is 1.58 bits per heavy atom. The average Bonchev–Trinajstić information content (AvgIpc) is 2.69. The van der Waals surface area contributed by atoms with Crippen LogP contribution in [0.3, 0.4) is 0 Å². The molecule has 3 rings (SSSR count). The summed E-state index contributed by atoms with van der Waals surface area (Å²) < 4.78 is 0. The number of carbonyl (C=O) groups excluding carboxylic acids is 1. The molecule has 3 aromatic rings. The minimum Gasteiger partial charge on any atom is -0.380 e. The SMILES string of the molecule is CCC(O)(c1ccccc1)c1ccccc1NC(=O)c1ccc(Cl)cc1. The normalized spacial score (nSPS) is 13.0. The number of amides is 1. The zero-order valence-electron chi connectivity index (χ0n) is 14.4. The van der Waals surface area contributed by atoms with Gasteiger partial charge < -0.3 is 10.4 Å². The first-order valence-corrected chi connectivity index (χ1v) is 8.86. The Kier molecular flexibility index (Phi) is 5.40. The van der Waals surface area contributed by atoms with Gasteiger partial charge in [0.15, 0.2) is 0 Å². The summed E-state index contributed by atoms with van der Waals surface area (Å²) in [6.07, 6.45) is 0.477. The van der Waals surface area contributed by atoms with Gasteiger partial charge in [-0.2, -0.15) is 0 Å². The predicted octanol–water partition coefficient (Wildman–Crippen LogP) is 5.24. The fourth-order valence-electron chi connectivity index (χ4n) is 3.01. The first-order valence-electron chi connectivity index (χ1n) is 8.49. The number of anilines is 1. The molecule has 0 spiro atoms. The molecule has 1 unspecified atom stereocenters. The first kappa shape index (κ1) is 18.2. The average molecular weight is 366 g/mol. The van der Waals surface area contributed by atoms with Crippen LogP contribution in [0.2, 0.25) is 5.02 Å². The number of nitrogens with one attached hydrogen (secondary N) is 1. The number of rotatable bonds is 5. The second-order valence-electron chi connectivity index (χ2n) is 6.09. The fourth-order valence-corrected chi connectivity index (χ4v) is 3.14. The molecule has 0 saturated carbocycles. The molecule has 0 fully saturated rings. The Labute approximate surface area is 158 Å². The van der Waals surface area contributed by atoms with E-state index in [1.807, 2.05) is 55.5 Å². The Hall–Kier alpha value is -2.62. The van der Waals surface area contributed by atoms with Crippen molar-refractivity contribution in [3.8, 4) is 0 Å². The maximum absolute atomic E-state index is 12.6. The quantitative estimate of drug-likeness (QED) is 0.649. The number of carbonyl (C=O) groups is 1. The molecule has 26 heavy (non-hydrogen) atoms. The third-order valence-electron chi connectivity index (χ3n) is 4.49.